The van der Waals surface area contributed by atoms with E-state index in [9.17, 15) is 0 Å². The Kier molecular flexibility index (Phi) is 4.87. The van der Waals surface area contributed by atoms with Crippen molar-refractivity contribution in [1.82, 2.24) is 10.1 Å². The number of nitrogens with two attached hydrogens (primary N) is 1. The molecular weight excluding hydrogens is 230 g/mol. The zero-order valence-corrected chi connectivity index (χ0v) is 12.1. The maximum atomic E-state index is 5.81. The average Bonchev–Trinajstić information content (AvgIpc) is 2.91. The minimum atomic E-state index is -0.453. The largest absolute Gasteiger partial charge is 0.370 e. The molecule has 0 bridgehead atoms. The van der Waals surface area contributed by atoms with Crippen LogP contribution in [0.15, 0.2) is 4.52 Å². The van der Waals surface area contributed by atoms with Crippen molar-refractivity contribution in [1.29, 1.82) is 0 Å². The van der Waals surface area contributed by atoms with Crippen LogP contribution in [-0.4, -0.2) is 23.8 Å². The molecule has 0 aliphatic rings. The molecule has 1 rings (SSSR count). The van der Waals surface area contributed by atoms with Crippen LogP contribution >= 0.6 is 0 Å². The van der Waals surface area contributed by atoms with E-state index in [-0.39, 0.29) is 5.41 Å². The maximum Gasteiger partial charge on any atom is 0.233 e. The Bertz CT molecular complexity index is 360. The second kappa shape index (κ2) is 5.80. The molecule has 18 heavy (non-hydrogen) atoms. The van der Waals surface area contributed by atoms with Gasteiger partial charge in [-0.2, -0.15) is 4.98 Å². The number of hydrogen-bond acceptors (Lipinski definition) is 5. The van der Waals surface area contributed by atoms with Crippen molar-refractivity contribution < 1.29 is 9.26 Å². The molecule has 0 aromatic carbocycles. The lowest BCUT2D eigenvalue weighted by Crippen LogP contribution is -2.32. The second-order valence-electron chi connectivity index (χ2n) is 4.95. The molecule has 0 saturated carbocycles. The first-order valence-corrected chi connectivity index (χ1v) is 6.61. The van der Waals surface area contributed by atoms with E-state index in [4.69, 9.17) is 15.0 Å². The summed E-state index contributed by atoms with van der Waals surface area (Å²) in [5.41, 5.74) is 5.10. The number of rotatable bonds is 7. The van der Waals surface area contributed by atoms with Crippen molar-refractivity contribution in [2.45, 2.75) is 58.0 Å². The standard InChI is InChI=1S/C13H25N3O2/c1-6-12(4,9-14)11-15-10(16-18-11)13(7-2,8-3)17-5/h6-9,14H2,1-5H3. The van der Waals surface area contributed by atoms with Crippen LogP contribution < -0.4 is 5.73 Å². The van der Waals surface area contributed by atoms with E-state index in [0.29, 0.717) is 18.3 Å². The zero-order valence-electron chi connectivity index (χ0n) is 12.1. The Morgan fingerprint density at radius 1 is 1.22 bits per heavy atom. The average molecular weight is 255 g/mol. The smallest absolute Gasteiger partial charge is 0.233 e. The van der Waals surface area contributed by atoms with Crippen LogP contribution in [0.25, 0.3) is 0 Å². The van der Waals surface area contributed by atoms with Gasteiger partial charge in [0.05, 0.1) is 5.41 Å². The molecule has 1 heterocycles. The van der Waals surface area contributed by atoms with Crippen LogP contribution in [0.3, 0.4) is 0 Å². The molecule has 0 aliphatic heterocycles. The molecule has 0 amide bonds. The normalized spacial score (nSPS) is 15.7. The Labute approximate surface area is 109 Å². The van der Waals surface area contributed by atoms with E-state index in [1.165, 1.54) is 0 Å². The predicted octanol–water partition coefficient (Wildman–Crippen LogP) is 2.36. The molecule has 104 valence electrons. The molecule has 1 unspecified atom stereocenters. The lowest BCUT2D eigenvalue weighted by atomic mass is 9.87. The fourth-order valence-corrected chi connectivity index (χ4v) is 1.98. The molecule has 0 fully saturated rings. The topological polar surface area (TPSA) is 74.2 Å². The summed E-state index contributed by atoms with van der Waals surface area (Å²) >= 11 is 0. The summed E-state index contributed by atoms with van der Waals surface area (Å²) < 4.78 is 11.0. The summed E-state index contributed by atoms with van der Waals surface area (Å²) in [5.74, 6) is 1.23. The third kappa shape index (κ3) is 2.42. The first kappa shape index (κ1) is 15.1. The van der Waals surface area contributed by atoms with Gasteiger partial charge < -0.3 is 15.0 Å². The summed E-state index contributed by atoms with van der Waals surface area (Å²) in [7, 11) is 1.69. The SMILES string of the molecule is CCC(C)(CN)c1nc(C(CC)(CC)OC)no1. The molecule has 1 aromatic rings. The van der Waals surface area contributed by atoms with E-state index in [1.54, 1.807) is 7.11 Å². The van der Waals surface area contributed by atoms with Gasteiger partial charge in [-0.25, -0.2) is 0 Å². The van der Waals surface area contributed by atoms with Gasteiger partial charge in [0, 0.05) is 13.7 Å². The maximum absolute atomic E-state index is 5.81. The van der Waals surface area contributed by atoms with Crippen molar-refractivity contribution in [3.8, 4) is 0 Å². The van der Waals surface area contributed by atoms with Gasteiger partial charge in [-0.3, -0.25) is 0 Å². The van der Waals surface area contributed by atoms with Crippen LogP contribution in [0, 0.1) is 0 Å². The molecule has 2 N–H and O–H groups in total. The van der Waals surface area contributed by atoms with Crippen molar-refractivity contribution in [3.05, 3.63) is 11.7 Å². The first-order chi connectivity index (χ1) is 8.51. The Morgan fingerprint density at radius 2 is 1.83 bits per heavy atom. The van der Waals surface area contributed by atoms with E-state index in [0.717, 1.165) is 19.3 Å². The molecule has 0 spiro atoms. The highest BCUT2D eigenvalue weighted by atomic mass is 16.5. The molecule has 0 radical (unpaired) electrons. The van der Waals surface area contributed by atoms with E-state index in [2.05, 4.69) is 30.9 Å². The first-order valence-electron chi connectivity index (χ1n) is 6.61. The third-order valence-electron chi connectivity index (χ3n) is 4.11. The second-order valence-corrected chi connectivity index (χ2v) is 4.95. The molecule has 1 aromatic heterocycles. The summed E-state index contributed by atoms with van der Waals surface area (Å²) in [4.78, 5) is 4.53. The molecule has 1 atom stereocenters. The quantitative estimate of drug-likeness (QED) is 0.809. The fraction of sp³-hybridized carbons (Fsp3) is 0.846. The van der Waals surface area contributed by atoms with Crippen LogP contribution in [0.4, 0.5) is 0 Å². The lowest BCUT2D eigenvalue weighted by molar-refractivity contribution is -0.0306. The van der Waals surface area contributed by atoms with Gasteiger partial charge in [0.15, 0.2) is 0 Å². The van der Waals surface area contributed by atoms with Crippen molar-refractivity contribution in [2.75, 3.05) is 13.7 Å². The van der Waals surface area contributed by atoms with Crippen LogP contribution in [0.1, 0.15) is 58.7 Å². The van der Waals surface area contributed by atoms with Gasteiger partial charge in [0.1, 0.15) is 5.60 Å². The minimum absolute atomic E-state index is 0.258. The Morgan fingerprint density at radius 3 is 2.22 bits per heavy atom. The number of ether oxygens (including phenoxy) is 1. The van der Waals surface area contributed by atoms with Crippen LogP contribution in [-0.2, 0) is 15.8 Å². The molecule has 0 aliphatic carbocycles. The fourth-order valence-electron chi connectivity index (χ4n) is 1.98. The zero-order chi connectivity index (χ0) is 13.8. The summed E-state index contributed by atoms with van der Waals surface area (Å²) in [6.07, 6.45) is 2.48. The predicted molar refractivity (Wildman–Crippen MR) is 70.3 cm³/mol. The highest BCUT2D eigenvalue weighted by molar-refractivity contribution is 5.08. The monoisotopic (exact) mass is 255 g/mol. The highest BCUT2D eigenvalue weighted by Crippen LogP contribution is 2.32. The number of aromatic nitrogens is 2. The van der Waals surface area contributed by atoms with E-state index in [1.807, 2.05) is 6.92 Å². The van der Waals surface area contributed by atoms with Gasteiger partial charge in [0.2, 0.25) is 11.7 Å². The van der Waals surface area contributed by atoms with Gasteiger partial charge in [-0.05, 0) is 26.2 Å². The number of methoxy groups -OCH3 is 1. The summed E-state index contributed by atoms with van der Waals surface area (Å²) in [5, 5.41) is 4.10. The lowest BCUT2D eigenvalue weighted by Gasteiger charge is -2.26. The van der Waals surface area contributed by atoms with Crippen molar-refractivity contribution >= 4 is 0 Å². The number of hydrogen-bond donors (Lipinski definition) is 1. The van der Waals surface area contributed by atoms with Gasteiger partial charge in [-0.15, -0.1) is 0 Å². The minimum Gasteiger partial charge on any atom is -0.370 e. The summed E-state index contributed by atoms with van der Waals surface area (Å²) in [6.45, 7) is 8.72. The Balaban J connectivity index is 3.12. The van der Waals surface area contributed by atoms with Crippen LogP contribution in [0.5, 0.6) is 0 Å². The van der Waals surface area contributed by atoms with Gasteiger partial charge >= 0.3 is 0 Å². The summed E-state index contributed by atoms with van der Waals surface area (Å²) in [6, 6.07) is 0. The van der Waals surface area contributed by atoms with Gasteiger partial charge in [-0.1, -0.05) is 25.9 Å². The van der Waals surface area contributed by atoms with Gasteiger partial charge in [0.25, 0.3) is 0 Å². The highest BCUT2D eigenvalue weighted by Gasteiger charge is 2.37. The number of nitrogens with zero attached hydrogens (tertiary/aromatic N) is 2. The molecular formula is C13H25N3O2. The van der Waals surface area contributed by atoms with E-state index >= 15 is 0 Å². The Hall–Kier alpha value is -0.940. The van der Waals surface area contributed by atoms with Crippen molar-refractivity contribution in [3.63, 3.8) is 0 Å². The van der Waals surface area contributed by atoms with Crippen molar-refractivity contribution in [2.24, 2.45) is 5.73 Å². The molecule has 5 heteroatoms. The van der Waals surface area contributed by atoms with Crippen LogP contribution in [0.2, 0.25) is 0 Å². The molecule has 5 nitrogen and oxygen atoms in total. The molecule has 0 saturated heterocycles. The third-order valence-corrected chi connectivity index (χ3v) is 4.11. The van der Waals surface area contributed by atoms with E-state index < -0.39 is 5.60 Å².